The summed E-state index contributed by atoms with van der Waals surface area (Å²) >= 11 is 0. The van der Waals surface area contributed by atoms with Gasteiger partial charge in [-0.1, -0.05) is 26.0 Å². The Hall–Kier alpha value is -3.77. The van der Waals surface area contributed by atoms with Crippen molar-refractivity contribution in [2.75, 3.05) is 13.2 Å². The maximum Gasteiger partial charge on any atom is 0.322 e. The number of nitrogens with one attached hydrogen (secondary N) is 3. The summed E-state index contributed by atoms with van der Waals surface area (Å²) < 4.78 is 5.86. The zero-order valence-electron chi connectivity index (χ0n) is 24.4. The van der Waals surface area contributed by atoms with Crippen LogP contribution < -0.4 is 20.8 Å². The van der Waals surface area contributed by atoms with Crippen molar-refractivity contribution in [1.82, 2.24) is 26.1 Å². The lowest BCUT2D eigenvalue weighted by atomic mass is 9.92. The number of amides is 3. The molecule has 1 aromatic heterocycles. The van der Waals surface area contributed by atoms with Crippen LogP contribution in [0.15, 0.2) is 30.5 Å². The van der Waals surface area contributed by atoms with Gasteiger partial charge in [0.15, 0.2) is 0 Å². The van der Waals surface area contributed by atoms with Crippen molar-refractivity contribution in [3.8, 4) is 5.88 Å². The Labute approximate surface area is 239 Å². The van der Waals surface area contributed by atoms with Crippen molar-refractivity contribution >= 4 is 34.5 Å². The second kappa shape index (κ2) is 13.3. The Kier molecular flexibility index (Phi) is 10.3. The van der Waals surface area contributed by atoms with Gasteiger partial charge < -0.3 is 25.6 Å². The van der Waals surface area contributed by atoms with Gasteiger partial charge in [-0.25, -0.2) is 10.4 Å². The van der Waals surface area contributed by atoms with Crippen LogP contribution in [0.1, 0.15) is 66.1 Å². The Morgan fingerprint density at radius 3 is 2.46 bits per heavy atom. The average Bonchev–Trinajstić information content (AvgIpc) is 2.93. The molecule has 0 saturated carbocycles. The molecular formula is C29H41N5O7. The molecule has 1 aromatic carbocycles. The summed E-state index contributed by atoms with van der Waals surface area (Å²) in [7, 11) is 0. The number of nitrogens with zero attached hydrogens (tertiary/aromatic N) is 2. The van der Waals surface area contributed by atoms with Crippen molar-refractivity contribution in [3.05, 3.63) is 36.0 Å². The highest BCUT2D eigenvalue weighted by molar-refractivity contribution is 5.93. The lowest BCUT2D eigenvalue weighted by Gasteiger charge is -2.34. The van der Waals surface area contributed by atoms with Gasteiger partial charge in [0.2, 0.25) is 17.7 Å². The number of aliphatic carboxylic acids is 1. The summed E-state index contributed by atoms with van der Waals surface area (Å²) in [6.45, 7) is 10.5. The number of benzene rings is 1. The fraction of sp³-hybridized carbons (Fsp3) is 0.552. The minimum Gasteiger partial charge on any atom is -0.480 e. The Morgan fingerprint density at radius 1 is 1.12 bits per heavy atom. The number of fused-ring (bicyclic) bond motifs is 1. The number of aliphatic hydroxyl groups is 1. The van der Waals surface area contributed by atoms with E-state index in [4.69, 9.17) is 4.74 Å². The molecule has 2 heterocycles. The SMILES string of the molecule is CC(C)[C@H](NC(=O)C(C)(C)COc1cc2cc([C@@H](C)O)ccc2cn1)C(=O)N[C@@H](C)C(=O)N1CCC[C@H](C(=O)O)N1. The quantitative estimate of drug-likeness (QED) is 0.270. The predicted molar refractivity (Wildman–Crippen MR) is 152 cm³/mol. The minimum atomic E-state index is -1.05. The number of rotatable bonds is 11. The van der Waals surface area contributed by atoms with E-state index in [1.165, 1.54) is 11.9 Å². The zero-order chi connectivity index (χ0) is 30.5. The topological polar surface area (TPSA) is 170 Å². The highest BCUT2D eigenvalue weighted by Crippen LogP contribution is 2.24. The number of carboxylic acids is 1. The number of hydrazine groups is 1. The van der Waals surface area contributed by atoms with Gasteiger partial charge in [0.1, 0.15) is 24.7 Å². The van der Waals surface area contributed by atoms with Crippen LogP contribution >= 0.6 is 0 Å². The second-order valence-electron chi connectivity index (χ2n) is 11.6. The molecule has 12 heteroatoms. The molecule has 41 heavy (non-hydrogen) atoms. The van der Waals surface area contributed by atoms with Crippen molar-refractivity contribution in [2.24, 2.45) is 11.3 Å². The van der Waals surface area contributed by atoms with Crippen molar-refractivity contribution in [2.45, 2.75) is 78.6 Å². The summed E-state index contributed by atoms with van der Waals surface area (Å²) in [5, 5.41) is 27.5. The summed E-state index contributed by atoms with van der Waals surface area (Å²) in [6.07, 6.45) is 1.97. The average molecular weight is 572 g/mol. The third-order valence-corrected chi connectivity index (χ3v) is 7.11. The van der Waals surface area contributed by atoms with Crippen LogP contribution in [0.5, 0.6) is 5.88 Å². The molecule has 1 saturated heterocycles. The van der Waals surface area contributed by atoms with E-state index in [1.807, 2.05) is 18.2 Å². The van der Waals surface area contributed by atoms with Crippen LogP contribution in [-0.2, 0) is 19.2 Å². The minimum absolute atomic E-state index is 0.0138. The van der Waals surface area contributed by atoms with Crippen LogP contribution in [0, 0.1) is 11.3 Å². The van der Waals surface area contributed by atoms with E-state index in [-0.39, 0.29) is 12.5 Å². The maximum atomic E-state index is 13.2. The first-order valence-electron chi connectivity index (χ1n) is 13.8. The first-order valence-corrected chi connectivity index (χ1v) is 13.8. The molecule has 5 N–H and O–H groups in total. The normalized spacial score (nSPS) is 18.0. The number of aliphatic hydroxyl groups excluding tert-OH is 1. The molecule has 12 nitrogen and oxygen atoms in total. The van der Waals surface area contributed by atoms with E-state index in [0.29, 0.717) is 25.3 Å². The summed E-state index contributed by atoms with van der Waals surface area (Å²) in [6, 6.07) is 4.58. The van der Waals surface area contributed by atoms with Crippen LogP contribution in [-0.4, -0.2) is 75.2 Å². The van der Waals surface area contributed by atoms with E-state index in [9.17, 15) is 29.4 Å². The fourth-order valence-corrected chi connectivity index (χ4v) is 4.39. The summed E-state index contributed by atoms with van der Waals surface area (Å²) in [5.74, 6) is -2.41. The number of carbonyl (C=O) groups excluding carboxylic acids is 3. The molecule has 0 aliphatic carbocycles. The Bertz CT molecular complexity index is 1280. The second-order valence-corrected chi connectivity index (χ2v) is 11.6. The molecule has 2 aromatic rings. The summed E-state index contributed by atoms with van der Waals surface area (Å²) in [5.41, 5.74) is 2.42. The number of aromatic nitrogens is 1. The lowest BCUT2D eigenvalue weighted by Crippen LogP contribution is -2.61. The van der Waals surface area contributed by atoms with Gasteiger partial charge in [-0.15, -0.1) is 0 Å². The lowest BCUT2D eigenvalue weighted by molar-refractivity contribution is -0.148. The van der Waals surface area contributed by atoms with Crippen LogP contribution in [0.3, 0.4) is 0 Å². The molecule has 3 amide bonds. The van der Waals surface area contributed by atoms with Crippen LogP contribution in [0.4, 0.5) is 0 Å². The van der Waals surface area contributed by atoms with E-state index >= 15 is 0 Å². The van der Waals surface area contributed by atoms with Gasteiger partial charge in [0.05, 0.1) is 11.5 Å². The molecule has 4 atom stereocenters. The van der Waals surface area contributed by atoms with E-state index in [1.54, 1.807) is 46.9 Å². The van der Waals surface area contributed by atoms with Gasteiger partial charge in [0, 0.05) is 24.2 Å². The van der Waals surface area contributed by atoms with Crippen LogP contribution in [0.25, 0.3) is 10.8 Å². The van der Waals surface area contributed by atoms with Gasteiger partial charge >= 0.3 is 5.97 Å². The number of carbonyl (C=O) groups is 4. The van der Waals surface area contributed by atoms with Crippen molar-refractivity contribution in [3.63, 3.8) is 0 Å². The Morgan fingerprint density at radius 2 is 1.83 bits per heavy atom. The van der Waals surface area contributed by atoms with Crippen molar-refractivity contribution < 1.29 is 34.1 Å². The molecule has 1 aliphatic rings. The van der Waals surface area contributed by atoms with Gasteiger partial charge in [-0.05, 0) is 63.5 Å². The number of ether oxygens (including phenoxy) is 1. The highest BCUT2D eigenvalue weighted by atomic mass is 16.5. The van der Waals surface area contributed by atoms with E-state index < -0.39 is 53.3 Å². The van der Waals surface area contributed by atoms with Crippen LogP contribution in [0.2, 0.25) is 0 Å². The number of pyridine rings is 1. The van der Waals surface area contributed by atoms with Gasteiger partial charge in [0.25, 0.3) is 5.91 Å². The highest BCUT2D eigenvalue weighted by Gasteiger charge is 2.36. The maximum absolute atomic E-state index is 13.2. The van der Waals surface area contributed by atoms with Gasteiger partial charge in [-0.2, -0.15) is 0 Å². The molecule has 224 valence electrons. The monoisotopic (exact) mass is 571 g/mol. The molecule has 1 aliphatic heterocycles. The molecule has 0 unspecified atom stereocenters. The van der Waals surface area contributed by atoms with Gasteiger partial charge in [-0.3, -0.25) is 24.2 Å². The molecule has 1 fully saturated rings. The van der Waals surface area contributed by atoms with E-state index in [2.05, 4.69) is 21.0 Å². The molecule has 3 rings (SSSR count). The Balaban J connectivity index is 1.60. The molecule has 0 spiro atoms. The third-order valence-electron chi connectivity index (χ3n) is 7.11. The number of carboxylic acid groups (broad SMARTS) is 1. The predicted octanol–water partition coefficient (Wildman–Crippen LogP) is 1.92. The number of hydrogen-bond donors (Lipinski definition) is 5. The fourth-order valence-electron chi connectivity index (χ4n) is 4.39. The van der Waals surface area contributed by atoms with Crippen molar-refractivity contribution in [1.29, 1.82) is 0 Å². The standard InChI is InChI=1S/C29H41N5O7/c1-16(2)24(25(36)31-17(3)26(37)34-11-7-8-22(33-34)27(38)39)32-28(40)29(5,6)15-41-23-13-21-12-19(18(4)35)9-10-20(21)14-30-23/h9-10,12-14,16-18,22,24,33,35H,7-8,11,15H2,1-6H3,(H,31,36)(H,32,40)(H,38,39)/t17-,18+,22+,24-/m0/s1. The first-order chi connectivity index (χ1) is 19.2. The zero-order valence-corrected chi connectivity index (χ0v) is 24.4. The summed E-state index contributed by atoms with van der Waals surface area (Å²) in [4.78, 5) is 54.8. The smallest absolute Gasteiger partial charge is 0.322 e. The largest absolute Gasteiger partial charge is 0.480 e. The molecule has 0 bridgehead atoms. The molecular weight excluding hydrogens is 530 g/mol. The number of hydrogen-bond acceptors (Lipinski definition) is 8. The third kappa shape index (κ3) is 8.14. The molecule has 0 radical (unpaired) electrons. The first kappa shape index (κ1) is 31.8. The van der Waals surface area contributed by atoms with E-state index in [0.717, 1.165) is 16.3 Å².